The van der Waals surface area contributed by atoms with Crippen molar-refractivity contribution in [2.75, 3.05) is 0 Å². The predicted molar refractivity (Wildman–Crippen MR) is 111 cm³/mol. The number of thioether (sulfide) groups is 1. The molecule has 0 bridgehead atoms. The summed E-state index contributed by atoms with van der Waals surface area (Å²) in [5.41, 5.74) is 3.83. The first-order valence-electron chi connectivity index (χ1n) is 8.42. The molecule has 0 atom stereocenters. The predicted octanol–water partition coefficient (Wildman–Crippen LogP) is 6.04. The molecule has 29 heavy (non-hydrogen) atoms. The van der Waals surface area contributed by atoms with Gasteiger partial charge in [-0.25, -0.2) is 4.57 Å². The first kappa shape index (κ1) is 27.2. The number of hydrogen-bond acceptors (Lipinski definition) is 3. The van der Waals surface area contributed by atoms with Gasteiger partial charge in [0.15, 0.2) is 5.09 Å². The summed E-state index contributed by atoms with van der Waals surface area (Å²) in [6.07, 6.45) is 0. The number of allylic oxidation sites excluding steroid dienone is 1. The Morgan fingerprint density at radius 1 is 0.862 bits per heavy atom. The van der Waals surface area contributed by atoms with E-state index in [-0.39, 0.29) is 70.5 Å². The van der Waals surface area contributed by atoms with Gasteiger partial charge >= 0.3 is 7.82 Å². The summed E-state index contributed by atoms with van der Waals surface area (Å²) >= 11 is 1.20. The van der Waals surface area contributed by atoms with Crippen molar-refractivity contribution in [3.8, 4) is 0 Å². The summed E-state index contributed by atoms with van der Waals surface area (Å²) in [6.45, 7) is 5.84. The molecule has 0 unspecified atom stereocenters. The fourth-order valence-electron chi connectivity index (χ4n) is 2.70. The molecule has 3 aromatic rings. The molecule has 0 aliphatic carbocycles. The van der Waals surface area contributed by atoms with Crippen LogP contribution in [0.1, 0.15) is 23.6 Å². The van der Waals surface area contributed by atoms with E-state index < -0.39 is 7.82 Å². The van der Waals surface area contributed by atoms with Crippen LogP contribution in [0.2, 0.25) is 0 Å². The second-order valence-corrected chi connectivity index (χ2v) is 8.68. The van der Waals surface area contributed by atoms with Gasteiger partial charge in [-0.15, -0.1) is 0 Å². The van der Waals surface area contributed by atoms with Crippen LogP contribution in [0.5, 0.6) is 0 Å². The van der Waals surface area contributed by atoms with Gasteiger partial charge in [0, 0.05) is 75.9 Å². The third-order valence-electron chi connectivity index (χ3n) is 4.17. The summed E-state index contributed by atoms with van der Waals surface area (Å²) in [5, 5.41) is 2.38. The van der Waals surface area contributed by atoms with Crippen LogP contribution in [0, 0.1) is 13.8 Å². The standard InChI is InChI=1S/C21H21O4PS.2Y/c1-14-5-10-20(11-6-14)27-21(25-26(22,23)24)16(3)17-8-9-18-12-15(2)4-7-19(18)13-17;;/h4-13H,1-3H3,(H2,22,23,24);;/b21-16-;;. The van der Waals surface area contributed by atoms with Crippen molar-refractivity contribution < 1.29 is 84.3 Å². The number of hydrogen-bond donors (Lipinski definition) is 2. The number of fused-ring (bicyclic) bond motifs is 1. The monoisotopic (exact) mass is 578 g/mol. The molecule has 0 fully saturated rings. The number of aryl methyl sites for hydroxylation is 2. The third kappa shape index (κ3) is 7.98. The molecular weight excluding hydrogens is 557 g/mol. The normalized spacial score (nSPS) is 11.9. The Labute approximate surface area is 225 Å². The van der Waals surface area contributed by atoms with Crippen LogP contribution in [0.25, 0.3) is 16.3 Å². The number of phosphoric ester groups is 1. The minimum atomic E-state index is -4.68. The Bertz CT molecular complexity index is 1060. The quantitative estimate of drug-likeness (QED) is 0.220. The number of rotatable bonds is 5. The first-order valence-corrected chi connectivity index (χ1v) is 10.8. The van der Waals surface area contributed by atoms with Crippen molar-refractivity contribution in [3.63, 3.8) is 0 Å². The summed E-state index contributed by atoms with van der Waals surface area (Å²) in [7, 11) is -4.68. The molecule has 3 aromatic carbocycles. The van der Waals surface area contributed by atoms with E-state index in [4.69, 9.17) is 4.52 Å². The van der Waals surface area contributed by atoms with Crippen molar-refractivity contribution >= 4 is 35.9 Å². The van der Waals surface area contributed by atoms with E-state index in [9.17, 15) is 14.4 Å². The molecule has 3 rings (SSSR count). The molecule has 0 saturated heterocycles. The Balaban J connectivity index is 0.00000210. The van der Waals surface area contributed by atoms with Crippen molar-refractivity contribution in [2.45, 2.75) is 25.7 Å². The fourth-order valence-corrected chi connectivity index (χ4v) is 4.25. The van der Waals surface area contributed by atoms with Crippen molar-refractivity contribution in [1.82, 2.24) is 0 Å². The van der Waals surface area contributed by atoms with Gasteiger partial charge in [0.2, 0.25) is 0 Å². The summed E-state index contributed by atoms with van der Waals surface area (Å²) < 4.78 is 16.5. The molecule has 0 aromatic heterocycles. The Kier molecular flexibility index (Phi) is 11.0. The van der Waals surface area contributed by atoms with Crippen LogP contribution in [-0.4, -0.2) is 9.79 Å². The largest absolute Gasteiger partial charge is 0.525 e. The topological polar surface area (TPSA) is 66.8 Å². The molecule has 0 aliphatic heterocycles. The summed E-state index contributed by atoms with van der Waals surface area (Å²) in [5.74, 6) is 0. The minimum absolute atomic E-state index is 0. The second kappa shape index (κ2) is 11.7. The van der Waals surface area contributed by atoms with Gasteiger partial charge in [0.25, 0.3) is 0 Å². The zero-order chi connectivity index (χ0) is 19.6. The SMILES string of the molecule is C/C(=C(\OP(=O)(O)O)Sc1ccc(C)cc1)c1ccc2cc(C)ccc2c1.[Y].[Y]. The average molecular weight is 578 g/mol. The third-order valence-corrected chi connectivity index (χ3v) is 5.80. The molecule has 0 saturated carbocycles. The smallest absolute Gasteiger partial charge is 0.397 e. The van der Waals surface area contributed by atoms with Crippen LogP contribution >= 0.6 is 19.6 Å². The summed E-state index contributed by atoms with van der Waals surface area (Å²) in [6, 6.07) is 19.8. The van der Waals surface area contributed by atoms with Crippen LogP contribution in [0.4, 0.5) is 0 Å². The van der Waals surface area contributed by atoms with E-state index in [0.29, 0.717) is 5.57 Å². The molecule has 0 spiro atoms. The van der Waals surface area contributed by atoms with Gasteiger partial charge < -0.3 is 4.52 Å². The van der Waals surface area contributed by atoms with Gasteiger partial charge in [-0.3, -0.25) is 9.79 Å². The van der Waals surface area contributed by atoms with Crippen LogP contribution in [-0.2, 0) is 74.5 Å². The molecule has 146 valence electrons. The van der Waals surface area contributed by atoms with Gasteiger partial charge in [0.05, 0.1) is 0 Å². The molecule has 4 nitrogen and oxygen atoms in total. The van der Waals surface area contributed by atoms with Gasteiger partial charge in [-0.05, 0) is 55.3 Å². The van der Waals surface area contributed by atoms with Gasteiger partial charge in [-0.1, -0.05) is 65.4 Å². The molecule has 0 amide bonds. The van der Waals surface area contributed by atoms with Crippen molar-refractivity contribution in [2.24, 2.45) is 0 Å². The Morgan fingerprint density at radius 2 is 1.41 bits per heavy atom. The Morgan fingerprint density at radius 3 is 2.03 bits per heavy atom. The number of benzene rings is 3. The van der Waals surface area contributed by atoms with Gasteiger partial charge in [-0.2, -0.15) is 0 Å². The maximum Gasteiger partial charge on any atom is 0.525 e. The van der Waals surface area contributed by atoms with Gasteiger partial charge in [0.1, 0.15) is 0 Å². The molecule has 2 N–H and O–H groups in total. The number of phosphoric acid groups is 1. The van der Waals surface area contributed by atoms with Crippen LogP contribution in [0.15, 0.2) is 70.7 Å². The second-order valence-electron chi connectivity index (χ2n) is 6.47. The zero-order valence-electron chi connectivity index (χ0n) is 16.5. The van der Waals surface area contributed by atoms with Crippen molar-refractivity contribution in [1.29, 1.82) is 0 Å². The first-order chi connectivity index (χ1) is 12.7. The van der Waals surface area contributed by atoms with E-state index in [1.165, 1.54) is 17.3 Å². The minimum Gasteiger partial charge on any atom is -0.397 e. The van der Waals surface area contributed by atoms with Crippen LogP contribution < -0.4 is 0 Å². The molecular formula is C21H21O4PSY2. The average Bonchev–Trinajstić information content (AvgIpc) is 2.61. The fraction of sp³-hybridized carbons (Fsp3) is 0.143. The summed E-state index contributed by atoms with van der Waals surface area (Å²) in [4.78, 5) is 19.5. The molecule has 8 heteroatoms. The van der Waals surface area contributed by atoms with E-state index in [0.717, 1.165) is 26.8 Å². The molecule has 0 heterocycles. The van der Waals surface area contributed by atoms with E-state index in [1.807, 2.05) is 75.4 Å². The maximum atomic E-state index is 11.5. The maximum absolute atomic E-state index is 11.5. The van der Waals surface area contributed by atoms with E-state index in [2.05, 4.69) is 6.07 Å². The van der Waals surface area contributed by atoms with Crippen LogP contribution in [0.3, 0.4) is 0 Å². The van der Waals surface area contributed by atoms with E-state index >= 15 is 0 Å². The molecule has 0 aliphatic rings. The molecule has 2 radical (unpaired) electrons. The van der Waals surface area contributed by atoms with Crippen molar-refractivity contribution in [3.05, 3.63) is 82.4 Å². The zero-order valence-corrected chi connectivity index (χ0v) is 23.9. The van der Waals surface area contributed by atoms with E-state index in [1.54, 1.807) is 0 Å². The Hall–Kier alpha value is 0.168.